The molecule has 0 saturated carbocycles. The second-order valence-electron chi connectivity index (χ2n) is 5.43. The van der Waals surface area contributed by atoms with Crippen molar-refractivity contribution >= 4 is 45.1 Å². The quantitative estimate of drug-likeness (QED) is 0.357. The molecule has 7 heteroatoms. The van der Waals surface area contributed by atoms with Gasteiger partial charge in [-0.15, -0.1) is 11.3 Å². The van der Waals surface area contributed by atoms with Gasteiger partial charge < -0.3 is 4.74 Å². The summed E-state index contributed by atoms with van der Waals surface area (Å²) in [4.78, 5) is 34.9. The van der Waals surface area contributed by atoms with Crippen molar-refractivity contribution in [2.24, 2.45) is 0 Å². The molecule has 23 heavy (non-hydrogen) atoms. The van der Waals surface area contributed by atoms with Gasteiger partial charge in [-0.1, -0.05) is 11.8 Å². The predicted molar refractivity (Wildman–Crippen MR) is 91.0 cm³/mol. The highest BCUT2D eigenvalue weighted by molar-refractivity contribution is 8.01. The minimum atomic E-state index is -0.868. The smallest absolute Gasteiger partial charge is 0.327 e. The maximum absolute atomic E-state index is 12.0. The van der Waals surface area contributed by atoms with Gasteiger partial charge in [-0.2, -0.15) is 0 Å². The average Bonchev–Trinajstić information content (AvgIpc) is 2.91. The number of aromatic nitrogens is 2. The zero-order valence-corrected chi connectivity index (χ0v) is 14.8. The van der Waals surface area contributed by atoms with Crippen molar-refractivity contribution in [3.05, 3.63) is 16.8 Å². The van der Waals surface area contributed by atoms with Crippen LogP contribution >= 0.6 is 23.1 Å². The van der Waals surface area contributed by atoms with Crippen LogP contribution < -0.4 is 0 Å². The first-order valence-corrected chi connectivity index (χ1v) is 9.40. The number of nitrogens with zero attached hydrogens (tertiary/aromatic N) is 2. The van der Waals surface area contributed by atoms with Gasteiger partial charge in [0.05, 0.1) is 6.61 Å². The Balaban J connectivity index is 2.00. The van der Waals surface area contributed by atoms with E-state index in [9.17, 15) is 9.59 Å². The number of hydrogen-bond donors (Lipinski definition) is 0. The Morgan fingerprint density at radius 3 is 2.87 bits per heavy atom. The van der Waals surface area contributed by atoms with E-state index in [0.29, 0.717) is 5.03 Å². The highest BCUT2D eigenvalue weighted by atomic mass is 32.2. The lowest BCUT2D eigenvalue weighted by Gasteiger charge is -2.14. The van der Waals surface area contributed by atoms with Crippen molar-refractivity contribution in [2.45, 2.75) is 49.8 Å². The SMILES string of the molecule is CCOC(=O)C(Sc1ncnc2sc3c(c12)CCCC3)C(C)=O. The lowest BCUT2D eigenvalue weighted by Crippen LogP contribution is -2.27. The first-order chi connectivity index (χ1) is 11.1. The van der Waals surface area contributed by atoms with E-state index in [2.05, 4.69) is 9.97 Å². The molecule has 122 valence electrons. The van der Waals surface area contributed by atoms with E-state index in [4.69, 9.17) is 4.74 Å². The monoisotopic (exact) mass is 350 g/mol. The molecule has 0 bridgehead atoms. The summed E-state index contributed by atoms with van der Waals surface area (Å²) in [6, 6.07) is 0. The number of Topliss-reactive ketones (excluding diaryl/α,β-unsaturated/α-hetero) is 1. The van der Waals surface area contributed by atoms with Crippen LogP contribution in [0.1, 0.15) is 37.1 Å². The molecule has 0 spiro atoms. The summed E-state index contributed by atoms with van der Waals surface area (Å²) in [6.45, 7) is 3.41. The molecule has 2 aromatic rings. The van der Waals surface area contributed by atoms with Crippen LogP contribution in [0.5, 0.6) is 0 Å². The summed E-state index contributed by atoms with van der Waals surface area (Å²) in [7, 11) is 0. The number of esters is 1. The first-order valence-electron chi connectivity index (χ1n) is 7.70. The van der Waals surface area contributed by atoms with E-state index < -0.39 is 11.2 Å². The summed E-state index contributed by atoms with van der Waals surface area (Å²) in [5.41, 5.74) is 1.30. The van der Waals surface area contributed by atoms with Crippen LogP contribution in [0.2, 0.25) is 0 Å². The zero-order chi connectivity index (χ0) is 16.4. The number of ketones is 1. The predicted octanol–water partition coefficient (Wildman–Crippen LogP) is 3.18. The number of aryl methyl sites for hydroxylation is 2. The number of rotatable bonds is 5. The summed E-state index contributed by atoms with van der Waals surface area (Å²) >= 11 is 2.89. The van der Waals surface area contributed by atoms with Gasteiger partial charge in [0.25, 0.3) is 0 Å². The van der Waals surface area contributed by atoms with Crippen LogP contribution in [0.4, 0.5) is 0 Å². The van der Waals surface area contributed by atoms with E-state index >= 15 is 0 Å². The molecule has 1 aliphatic carbocycles. The van der Waals surface area contributed by atoms with Crippen LogP contribution in [0.3, 0.4) is 0 Å². The molecule has 0 aromatic carbocycles. The van der Waals surface area contributed by atoms with Gasteiger partial charge in [0, 0.05) is 10.3 Å². The lowest BCUT2D eigenvalue weighted by atomic mass is 9.97. The van der Waals surface area contributed by atoms with Crippen LogP contribution in [0.15, 0.2) is 11.4 Å². The van der Waals surface area contributed by atoms with Gasteiger partial charge in [0.1, 0.15) is 16.2 Å². The van der Waals surface area contributed by atoms with E-state index in [0.717, 1.165) is 29.5 Å². The molecule has 1 atom stereocenters. The topological polar surface area (TPSA) is 69.2 Å². The van der Waals surface area contributed by atoms with Crippen molar-refractivity contribution in [1.29, 1.82) is 0 Å². The molecule has 0 fully saturated rings. The van der Waals surface area contributed by atoms with Crippen molar-refractivity contribution in [3.63, 3.8) is 0 Å². The van der Waals surface area contributed by atoms with Crippen molar-refractivity contribution in [2.75, 3.05) is 6.61 Å². The molecular weight excluding hydrogens is 332 g/mol. The fourth-order valence-corrected chi connectivity index (χ4v) is 5.07. The Morgan fingerprint density at radius 1 is 1.35 bits per heavy atom. The van der Waals surface area contributed by atoms with Crippen molar-refractivity contribution < 1.29 is 14.3 Å². The van der Waals surface area contributed by atoms with E-state index in [1.165, 1.54) is 41.9 Å². The third-order valence-electron chi connectivity index (χ3n) is 3.82. The van der Waals surface area contributed by atoms with Crippen molar-refractivity contribution in [3.8, 4) is 0 Å². The molecule has 0 amide bonds. The van der Waals surface area contributed by atoms with Crippen LogP contribution in [0, 0.1) is 0 Å². The second-order valence-corrected chi connectivity index (χ2v) is 7.61. The number of thioether (sulfide) groups is 1. The summed E-state index contributed by atoms with van der Waals surface area (Å²) < 4.78 is 5.02. The second kappa shape index (κ2) is 6.97. The summed E-state index contributed by atoms with van der Waals surface area (Å²) in [5, 5.41) is 0.864. The van der Waals surface area contributed by atoms with E-state index in [1.54, 1.807) is 18.3 Å². The van der Waals surface area contributed by atoms with E-state index in [-0.39, 0.29) is 12.4 Å². The maximum Gasteiger partial charge on any atom is 0.327 e. The Hall–Kier alpha value is -1.47. The minimum absolute atomic E-state index is 0.218. The Bertz CT molecular complexity index is 757. The first kappa shape index (κ1) is 16.4. The molecule has 3 rings (SSSR count). The Labute approximate surface area is 142 Å². The fourth-order valence-electron chi connectivity index (χ4n) is 2.78. The number of ether oxygens (including phenoxy) is 1. The number of carbonyl (C=O) groups excluding carboxylic acids is 2. The largest absolute Gasteiger partial charge is 0.465 e. The molecule has 0 aliphatic heterocycles. The zero-order valence-electron chi connectivity index (χ0n) is 13.1. The summed E-state index contributed by atoms with van der Waals surface area (Å²) in [6.07, 6.45) is 5.96. The number of fused-ring (bicyclic) bond motifs is 3. The molecule has 2 heterocycles. The van der Waals surface area contributed by atoms with Gasteiger partial charge >= 0.3 is 5.97 Å². The molecular formula is C16H18N2O3S2. The third kappa shape index (κ3) is 3.26. The fraction of sp³-hybridized carbons (Fsp3) is 0.500. The molecule has 1 unspecified atom stereocenters. The standard InChI is InChI=1S/C16H18N2O3S2/c1-3-21-16(20)13(9(2)19)23-15-12-10-6-4-5-7-11(10)22-14(12)17-8-18-15/h8,13H,3-7H2,1-2H3. The van der Waals surface area contributed by atoms with Crippen molar-refractivity contribution in [1.82, 2.24) is 9.97 Å². The number of thiophene rings is 1. The molecule has 1 aliphatic rings. The van der Waals surface area contributed by atoms with Gasteiger partial charge in [0.2, 0.25) is 0 Å². The Kier molecular flexibility index (Phi) is 4.96. The molecule has 5 nitrogen and oxygen atoms in total. The molecule has 0 N–H and O–H groups in total. The van der Waals surface area contributed by atoms with Gasteiger partial charge in [-0.25, -0.2) is 9.97 Å². The van der Waals surface area contributed by atoms with E-state index in [1.807, 2.05) is 0 Å². The highest BCUT2D eigenvalue weighted by Gasteiger charge is 2.29. The number of carbonyl (C=O) groups is 2. The molecule has 2 aromatic heterocycles. The minimum Gasteiger partial charge on any atom is -0.465 e. The maximum atomic E-state index is 12.0. The molecule has 0 saturated heterocycles. The van der Waals surface area contributed by atoms with Gasteiger partial charge in [-0.3, -0.25) is 9.59 Å². The summed E-state index contributed by atoms with van der Waals surface area (Å²) in [5.74, 6) is -0.717. The van der Waals surface area contributed by atoms with Gasteiger partial charge in [0.15, 0.2) is 11.0 Å². The average molecular weight is 350 g/mol. The Morgan fingerprint density at radius 2 is 2.13 bits per heavy atom. The number of hydrogen-bond acceptors (Lipinski definition) is 7. The normalized spacial score (nSPS) is 15.2. The van der Waals surface area contributed by atoms with Crippen LogP contribution in [-0.2, 0) is 27.2 Å². The highest BCUT2D eigenvalue weighted by Crippen LogP contribution is 2.40. The lowest BCUT2D eigenvalue weighted by molar-refractivity contribution is -0.144. The van der Waals surface area contributed by atoms with Gasteiger partial charge in [-0.05, 0) is 45.1 Å². The van der Waals surface area contributed by atoms with Crippen LogP contribution in [-0.4, -0.2) is 33.6 Å². The third-order valence-corrected chi connectivity index (χ3v) is 6.31. The molecule has 0 radical (unpaired) electrons. The van der Waals surface area contributed by atoms with Crippen LogP contribution in [0.25, 0.3) is 10.2 Å².